The van der Waals surface area contributed by atoms with Gasteiger partial charge in [0.1, 0.15) is 0 Å². The van der Waals surface area contributed by atoms with Crippen molar-refractivity contribution in [2.45, 2.75) is 44.6 Å². The Labute approximate surface area is 129 Å². The van der Waals surface area contributed by atoms with E-state index in [-0.39, 0.29) is 5.91 Å². The van der Waals surface area contributed by atoms with Gasteiger partial charge in [-0.2, -0.15) is 0 Å². The lowest BCUT2D eigenvalue weighted by atomic mass is 10.1. The van der Waals surface area contributed by atoms with E-state index in [0.717, 1.165) is 23.8 Å². The molecule has 0 radical (unpaired) electrons. The van der Waals surface area contributed by atoms with Crippen LogP contribution in [-0.4, -0.2) is 35.0 Å². The maximum atomic E-state index is 12.5. The third-order valence-corrected chi connectivity index (χ3v) is 4.85. The van der Waals surface area contributed by atoms with Gasteiger partial charge in [-0.15, -0.1) is 11.3 Å². The molecule has 2 rings (SSSR count). The number of rotatable bonds is 4. The summed E-state index contributed by atoms with van der Waals surface area (Å²) < 4.78 is 0. The first kappa shape index (κ1) is 15.8. The van der Waals surface area contributed by atoms with Crippen molar-refractivity contribution < 1.29 is 14.7 Å². The van der Waals surface area contributed by atoms with Crippen molar-refractivity contribution in [1.82, 2.24) is 4.90 Å². The van der Waals surface area contributed by atoms with Crippen LogP contribution in [0.4, 0.5) is 0 Å². The second-order valence-electron chi connectivity index (χ2n) is 5.47. The first-order valence-electron chi connectivity index (χ1n) is 7.34. The van der Waals surface area contributed by atoms with Crippen molar-refractivity contribution >= 4 is 29.3 Å². The maximum Gasteiger partial charge on any atom is 0.328 e. The van der Waals surface area contributed by atoms with Crippen LogP contribution in [-0.2, 0) is 4.79 Å². The van der Waals surface area contributed by atoms with Crippen molar-refractivity contribution in [3.05, 3.63) is 28.0 Å². The van der Waals surface area contributed by atoms with E-state index in [2.05, 4.69) is 0 Å². The van der Waals surface area contributed by atoms with Crippen molar-refractivity contribution in [3.63, 3.8) is 0 Å². The topological polar surface area (TPSA) is 57.6 Å². The first-order chi connectivity index (χ1) is 10.1. The van der Waals surface area contributed by atoms with E-state index in [4.69, 9.17) is 5.11 Å². The van der Waals surface area contributed by atoms with Crippen molar-refractivity contribution in [3.8, 4) is 0 Å². The molecule has 4 nitrogen and oxygen atoms in total. The van der Waals surface area contributed by atoms with E-state index in [1.165, 1.54) is 43.1 Å². The van der Waals surface area contributed by atoms with Gasteiger partial charge in [0.25, 0.3) is 5.91 Å². The van der Waals surface area contributed by atoms with Crippen LogP contribution in [0.5, 0.6) is 0 Å². The molecular weight excluding hydrogens is 286 g/mol. The van der Waals surface area contributed by atoms with Gasteiger partial charge in [-0.25, -0.2) is 4.79 Å². The van der Waals surface area contributed by atoms with Crippen molar-refractivity contribution in [2.24, 2.45) is 0 Å². The molecule has 114 valence electrons. The van der Waals surface area contributed by atoms with Crippen LogP contribution in [0.25, 0.3) is 6.08 Å². The number of hydrogen-bond donors (Lipinski definition) is 1. The molecule has 1 N–H and O–H groups in total. The Balaban J connectivity index is 2.03. The number of carbonyl (C=O) groups excluding carboxylic acids is 1. The second-order valence-corrected chi connectivity index (χ2v) is 6.41. The van der Waals surface area contributed by atoms with E-state index in [1.807, 2.05) is 11.9 Å². The molecule has 1 aromatic rings. The third kappa shape index (κ3) is 4.43. The Hall–Kier alpha value is -1.62. The number of hydrogen-bond acceptors (Lipinski definition) is 3. The average Bonchev–Trinajstić information content (AvgIpc) is 2.77. The van der Waals surface area contributed by atoms with Crippen LogP contribution in [0.1, 0.15) is 53.8 Å². The van der Waals surface area contributed by atoms with E-state index in [0.29, 0.717) is 11.6 Å². The highest BCUT2D eigenvalue weighted by molar-refractivity contribution is 7.11. The zero-order chi connectivity index (χ0) is 15.2. The summed E-state index contributed by atoms with van der Waals surface area (Å²) >= 11 is 1.39. The van der Waals surface area contributed by atoms with Gasteiger partial charge >= 0.3 is 5.97 Å². The molecule has 1 aliphatic carbocycles. The third-order valence-electron chi connectivity index (χ3n) is 3.95. The highest BCUT2D eigenvalue weighted by Gasteiger charge is 2.22. The number of carboxylic acids is 1. The molecule has 0 saturated heterocycles. The molecule has 1 heterocycles. The molecule has 1 aliphatic rings. The molecule has 0 atom stereocenters. The summed E-state index contributed by atoms with van der Waals surface area (Å²) in [5.74, 6) is -0.944. The number of carboxylic acid groups (broad SMARTS) is 1. The van der Waals surface area contributed by atoms with E-state index < -0.39 is 5.97 Å². The summed E-state index contributed by atoms with van der Waals surface area (Å²) in [6, 6.07) is 2.09. The van der Waals surface area contributed by atoms with Gasteiger partial charge in [0.2, 0.25) is 0 Å². The lowest BCUT2D eigenvalue weighted by molar-refractivity contribution is -0.131. The lowest BCUT2D eigenvalue weighted by Gasteiger charge is -2.26. The summed E-state index contributed by atoms with van der Waals surface area (Å²) in [4.78, 5) is 25.6. The molecule has 1 amide bonds. The molecule has 0 aliphatic heterocycles. The van der Waals surface area contributed by atoms with Gasteiger partial charge in [0.15, 0.2) is 0 Å². The predicted molar refractivity (Wildman–Crippen MR) is 84.6 cm³/mol. The van der Waals surface area contributed by atoms with Crippen LogP contribution in [0.2, 0.25) is 0 Å². The number of carbonyl (C=O) groups is 2. The molecule has 1 saturated carbocycles. The number of aliphatic carboxylic acids is 1. The van der Waals surface area contributed by atoms with E-state index >= 15 is 0 Å². The molecule has 1 aromatic heterocycles. The minimum absolute atomic E-state index is 0.0353. The summed E-state index contributed by atoms with van der Waals surface area (Å²) in [7, 11) is 1.88. The van der Waals surface area contributed by atoms with Gasteiger partial charge in [-0.1, -0.05) is 25.7 Å². The number of thiophene rings is 1. The summed E-state index contributed by atoms with van der Waals surface area (Å²) in [6.07, 6.45) is 9.69. The summed E-state index contributed by atoms with van der Waals surface area (Å²) in [5.41, 5.74) is 0.650. The highest BCUT2D eigenvalue weighted by Crippen LogP contribution is 2.24. The fourth-order valence-electron chi connectivity index (χ4n) is 2.72. The SMILES string of the molecule is CN(C(=O)c1csc(C=CC(=O)O)c1)C1CCCCCC1. The standard InChI is InChI=1S/C16H21NO3S/c1-17(13-6-4-2-3-5-7-13)16(20)12-10-14(21-11-12)8-9-15(18)19/h8-11,13H,2-7H2,1H3,(H,18,19). The van der Waals surface area contributed by atoms with Crippen LogP contribution in [0.3, 0.4) is 0 Å². The highest BCUT2D eigenvalue weighted by atomic mass is 32.1. The van der Waals surface area contributed by atoms with Crippen molar-refractivity contribution in [2.75, 3.05) is 7.05 Å². The summed E-state index contributed by atoms with van der Waals surface area (Å²) in [5, 5.41) is 10.4. The Morgan fingerprint density at radius 1 is 1.29 bits per heavy atom. The van der Waals surface area contributed by atoms with Crippen LogP contribution in [0, 0.1) is 0 Å². The van der Waals surface area contributed by atoms with Gasteiger partial charge in [-0.3, -0.25) is 4.79 Å². The van der Waals surface area contributed by atoms with E-state index in [9.17, 15) is 9.59 Å². The molecule has 0 spiro atoms. The average molecular weight is 307 g/mol. The van der Waals surface area contributed by atoms with Crippen LogP contribution in [0.15, 0.2) is 17.5 Å². The molecule has 0 bridgehead atoms. The zero-order valence-corrected chi connectivity index (χ0v) is 13.1. The maximum absolute atomic E-state index is 12.5. The number of amides is 1. The largest absolute Gasteiger partial charge is 0.478 e. The van der Waals surface area contributed by atoms with Crippen molar-refractivity contribution in [1.29, 1.82) is 0 Å². The van der Waals surface area contributed by atoms with Crippen LogP contribution >= 0.6 is 11.3 Å². The summed E-state index contributed by atoms with van der Waals surface area (Å²) in [6.45, 7) is 0. The monoisotopic (exact) mass is 307 g/mol. The molecule has 21 heavy (non-hydrogen) atoms. The minimum Gasteiger partial charge on any atom is -0.478 e. The predicted octanol–water partition coefficient (Wildman–Crippen LogP) is 3.64. The Morgan fingerprint density at radius 2 is 1.95 bits per heavy atom. The Kier molecular flexibility index (Phi) is 5.56. The Morgan fingerprint density at radius 3 is 2.57 bits per heavy atom. The first-order valence-corrected chi connectivity index (χ1v) is 8.22. The van der Waals surface area contributed by atoms with Gasteiger partial charge < -0.3 is 10.0 Å². The molecule has 0 aromatic carbocycles. The molecule has 5 heteroatoms. The Bertz CT molecular complexity index is 527. The second kappa shape index (κ2) is 7.41. The molecule has 1 fully saturated rings. The van der Waals surface area contributed by atoms with Gasteiger partial charge in [0, 0.05) is 29.4 Å². The molecule has 0 unspecified atom stereocenters. The smallest absolute Gasteiger partial charge is 0.328 e. The van der Waals surface area contributed by atoms with Gasteiger partial charge in [0.05, 0.1) is 5.56 Å². The minimum atomic E-state index is -0.980. The van der Waals surface area contributed by atoms with E-state index in [1.54, 1.807) is 11.4 Å². The fraction of sp³-hybridized carbons (Fsp3) is 0.500. The van der Waals surface area contributed by atoms with Gasteiger partial charge in [-0.05, 0) is 25.0 Å². The normalized spacial score (nSPS) is 16.8. The fourth-order valence-corrected chi connectivity index (χ4v) is 3.49. The van der Waals surface area contributed by atoms with Crippen LogP contribution < -0.4 is 0 Å². The number of nitrogens with zero attached hydrogens (tertiary/aromatic N) is 1. The quantitative estimate of drug-likeness (QED) is 0.682. The zero-order valence-electron chi connectivity index (χ0n) is 12.2. The lowest BCUT2D eigenvalue weighted by Crippen LogP contribution is -2.36. The molecular formula is C16H21NO3S.